The molecule has 214 valence electrons. The summed E-state index contributed by atoms with van der Waals surface area (Å²) in [6, 6.07) is 31.5. The summed E-state index contributed by atoms with van der Waals surface area (Å²) in [5.74, 6) is -0.722. The fourth-order valence-electron chi connectivity index (χ4n) is 5.18. The molecule has 2 amide bonds. The van der Waals surface area contributed by atoms with Crippen LogP contribution in [0.4, 0.5) is 0 Å². The number of hydrogen-bond donors (Lipinski definition) is 1. The Labute approximate surface area is 254 Å². The van der Waals surface area contributed by atoms with Crippen LogP contribution in [0.2, 0.25) is 0 Å². The van der Waals surface area contributed by atoms with E-state index in [0.29, 0.717) is 11.3 Å². The molecule has 1 unspecified atom stereocenters. The van der Waals surface area contributed by atoms with E-state index in [1.165, 1.54) is 16.7 Å². The maximum Gasteiger partial charge on any atom is 0.356 e. The quantitative estimate of drug-likeness (QED) is 0.211. The number of aromatic nitrogens is 1. The Balaban J connectivity index is 1.29. The summed E-state index contributed by atoms with van der Waals surface area (Å²) < 4.78 is 6.21. The number of benzene rings is 3. The number of ether oxygens (including phenoxy) is 1. The SMILES string of the molecule is O=C(Cc1ccccc1)NC1C(=O)N2C(C(=O)OC(c3ccccc3)c3ccccc3)=C(/C=C/c3cccnc3)CS[C@H]12. The molecular formula is C35H29N3O4S. The van der Waals surface area contributed by atoms with Crippen molar-refractivity contribution in [1.82, 2.24) is 15.2 Å². The van der Waals surface area contributed by atoms with Crippen LogP contribution in [0.15, 0.2) is 133 Å². The minimum absolute atomic E-state index is 0.168. The third-order valence-corrected chi connectivity index (χ3v) is 8.61. The Morgan fingerprint density at radius 2 is 1.56 bits per heavy atom. The van der Waals surface area contributed by atoms with Crippen LogP contribution in [0, 0.1) is 0 Å². The van der Waals surface area contributed by atoms with Crippen molar-refractivity contribution in [2.24, 2.45) is 0 Å². The van der Waals surface area contributed by atoms with Crippen molar-refractivity contribution in [2.75, 3.05) is 5.75 Å². The van der Waals surface area contributed by atoms with Gasteiger partial charge in [0.15, 0.2) is 6.10 Å². The number of amides is 2. The number of thioether (sulfide) groups is 1. The van der Waals surface area contributed by atoms with Crippen molar-refractivity contribution in [3.05, 3.63) is 155 Å². The lowest BCUT2D eigenvalue weighted by atomic mass is 10.00. The molecule has 7 nitrogen and oxygen atoms in total. The third kappa shape index (κ3) is 6.29. The smallest absolute Gasteiger partial charge is 0.356 e. The van der Waals surface area contributed by atoms with Gasteiger partial charge in [0.1, 0.15) is 17.1 Å². The van der Waals surface area contributed by atoms with Crippen molar-refractivity contribution in [2.45, 2.75) is 23.9 Å². The minimum Gasteiger partial charge on any atom is -0.448 e. The lowest BCUT2D eigenvalue weighted by molar-refractivity contribution is -0.154. The second-order valence-corrected chi connectivity index (χ2v) is 11.3. The van der Waals surface area contributed by atoms with Crippen LogP contribution in [0.1, 0.15) is 28.4 Å². The second kappa shape index (κ2) is 12.9. The van der Waals surface area contributed by atoms with Crippen LogP contribution >= 0.6 is 11.8 Å². The van der Waals surface area contributed by atoms with Gasteiger partial charge in [-0.3, -0.25) is 19.5 Å². The first kappa shape index (κ1) is 28.2. The van der Waals surface area contributed by atoms with E-state index in [1.807, 2.05) is 115 Å². The van der Waals surface area contributed by atoms with Crippen LogP contribution in [-0.4, -0.2) is 44.8 Å². The predicted molar refractivity (Wildman–Crippen MR) is 166 cm³/mol. The molecule has 0 spiro atoms. The van der Waals surface area contributed by atoms with E-state index in [9.17, 15) is 14.4 Å². The molecule has 1 saturated heterocycles. The maximum absolute atomic E-state index is 14.1. The monoisotopic (exact) mass is 587 g/mol. The maximum atomic E-state index is 14.1. The Morgan fingerprint density at radius 3 is 2.19 bits per heavy atom. The number of β-lactam (4-membered cyclic amide) rings is 1. The highest BCUT2D eigenvalue weighted by Crippen LogP contribution is 2.42. The van der Waals surface area contributed by atoms with E-state index < -0.39 is 23.5 Å². The summed E-state index contributed by atoms with van der Waals surface area (Å²) >= 11 is 1.51. The zero-order valence-electron chi connectivity index (χ0n) is 23.2. The number of allylic oxidation sites excluding steroid dienone is 1. The van der Waals surface area contributed by atoms with Gasteiger partial charge < -0.3 is 10.1 Å². The average Bonchev–Trinajstić information content (AvgIpc) is 3.06. The molecule has 4 aromatic rings. The molecule has 2 aliphatic rings. The van der Waals surface area contributed by atoms with Gasteiger partial charge in [-0.1, -0.05) is 109 Å². The van der Waals surface area contributed by atoms with Gasteiger partial charge in [-0.15, -0.1) is 11.8 Å². The van der Waals surface area contributed by atoms with Crippen LogP contribution in [0.25, 0.3) is 6.08 Å². The van der Waals surface area contributed by atoms with Gasteiger partial charge in [0.05, 0.1) is 6.42 Å². The van der Waals surface area contributed by atoms with E-state index in [0.717, 1.165) is 22.3 Å². The fraction of sp³-hybridized carbons (Fsp3) is 0.143. The van der Waals surface area contributed by atoms with Crippen molar-refractivity contribution in [3.8, 4) is 0 Å². The first-order chi connectivity index (χ1) is 21.1. The molecule has 1 N–H and O–H groups in total. The number of fused-ring (bicyclic) bond motifs is 1. The Kier molecular flexibility index (Phi) is 8.47. The van der Waals surface area contributed by atoms with Gasteiger partial charge in [-0.05, 0) is 33.9 Å². The Hall–Kier alpha value is -4.95. The molecule has 2 atom stereocenters. The van der Waals surface area contributed by atoms with Crippen LogP contribution in [0.3, 0.4) is 0 Å². The molecular weight excluding hydrogens is 558 g/mol. The van der Waals surface area contributed by atoms with Crippen LogP contribution in [0.5, 0.6) is 0 Å². The molecule has 8 heteroatoms. The van der Waals surface area contributed by atoms with Gasteiger partial charge in [-0.2, -0.15) is 0 Å². The van der Waals surface area contributed by atoms with Gasteiger partial charge in [0.25, 0.3) is 5.91 Å². The number of esters is 1. The number of pyridine rings is 1. The van der Waals surface area contributed by atoms with E-state index in [-0.39, 0.29) is 23.9 Å². The van der Waals surface area contributed by atoms with Crippen LogP contribution in [-0.2, 0) is 25.5 Å². The number of nitrogens with zero attached hydrogens (tertiary/aromatic N) is 2. The minimum atomic E-state index is -0.730. The second-order valence-electron chi connectivity index (χ2n) is 10.2. The zero-order valence-corrected chi connectivity index (χ0v) is 24.0. The first-order valence-electron chi connectivity index (χ1n) is 14.0. The fourth-order valence-corrected chi connectivity index (χ4v) is 6.50. The molecule has 1 aromatic heterocycles. The standard InChI is InChI=1S/C35H29N3O4S/c39-29(21-24-11-4-1-5-12-24)37-30-33(40)38-31(28(23-43-34(30)38)19-18-25-13-10-20-36-22-25)35(41)42-32(26-14-6-2-7-15-26)27-16-8-3-9-17-27/h1-20,22,30,32,34H,21,23H2,(H,37,39)/b19-18+/t30?,34-/m1/s1. The van der Waals surface area contributed by atoms with Gasteiger partial charge in [0.2, 0.25) is 5.91 Å². The summed E-state index contributed by atoms with van der Waals surface area (Å²) in [6.45, 7) is 0. The highest BCUT2D eigenvalue weighted by molar-refractivity contribution is 8.00. The highest BCUT2D eigenvalue weighted by atomic mass is 32.2. The first-order valence-corrected chi connectivity index (χ1v) is 15.0. The summed E-state index contributed by atoms with van der Waals surface area (Å²) in [7, 11) is 0. The summed E-state index contributed by atoms with van der Waals surface area (Å²) in [5, 5.41) is 2.47. The highest BCUT2D eigenvalue weighted by Gasteiger charge is 2.54. The van der Waals surface area contributed by atoms with E-state index in [4.69, 9.17) is 4.74 Å². The van der Waals surface area contributed by atoms with Crippen molar-refractivity contribution in [1.29, 1.82) is 0 Å². The number of carbonyl (C=O) groups excluding carboxylic acids is 3. The lowest BCUT2D eigenvalue weighted by Crippen LogP contribution is -2.70. The largest absolute Gasteiger partial charge is 0.448 e. The molecule has 0 radical (unpaired) electrons. The number of rotatable bonds is 9. The van der Waals surface area contributed by atoms with Gasteiger partial charge >= 0.3 is 5.97 Å². The zero-order chi connectivity index (χ0) is 29.6. The van der Waals surface area contributed by atoms with Gasteiger partial charge in [-0.25, -0.2) is 4.79 Å². The molecule has 0 saturated carbocycles. The molecule has 43 heavy (non-hydrogen) atoms. The topological polar surface area (TPSA) is 88.6 Å². The molecule has 6 rings (SSSR count). The Morgan fingerprint density at radius 1 is 0.907 bits per heavy atom. The summed E-state index contributed by atoms with van der Waals surface area (Å²) in [5.41, 5.74) is 4.22. The number of hydrogen-bond acceptors (Lipinski definition) is 6. The summed E-state index contributed by atoms with van der Waals surface area (Å²) in [4.78, 5) is 46.1. The normalized spacial score (nSPS) is 17.9. The van der Waals surface area contributed by atoms with E-state index in [1.54, 1.807) is 12.4 Å². The molecule has 0 aliphatic carbocycles. The average molecular weight is 588 g/mol. The van der Waals surface area contributed by atoms with Crippen LogP contribution < -0.4 is 5.32 Å². The van der Waals surface area contributed by atoms with Crippen molar-refractivity contribution in [3.63, 3.8) is 0 Å². The Bertz CT molecular complexity index is 1620. The van der Waals surface area contributed by atoms with E-state index >= 15 is 0 Å². The van der Waals surface area contributed by atoms with Gasteiger partial charge in [0, 0.05) is 18.1 Å². The lowest BCUT2D eigenvalue weighted by Gasteiger charge is -2.49. The van der Waals surface area contributed by atoms with Crippen molar-refractivity contribution >= 4 is 35.6 Å². The van der Waals surface area contributed by atoms with Crippen molar-refractivity contribution < 1.29 is 19.1 Å². The molecule has 1 fully saturated rings. The number of nitrogens with one attached hydrogen (secondary N) is 1. The molecule has 0 bridgehead atoms. The summed E-state index contributed by atoms with van der Waals surface area (Å²) in [6.07, 6.45) is 6.62. The van der Waals surface area contributed by atoms with E-state index in [2.05, 4.69) is 10.3 Å². The number of carbonyl (C=O) groups is 3. The molecule has 3 heterocycles. The third-order valence-electron chi connectivity index (χ3n) is 7.31. The predicted octanol–water partition coefficient (Wildman–Crippen LogP) is 5.32. The molecule has 3 aromatic carbocycles. The molecule has 2 aliphatic heterocycles.